The fourth-order valence-corrected chi connectivity index (χ4v) is 2.41. The van der Waals surface area contributed by atoms with Crippen molar-refractivity contribution in [2.45, 2.75) is 19.9 Å². The molecule has 1 N–H and O–H groups in total. The van der Waals surface area contributed by atoms with Gasteiger partial charge in [0.25, 0.3) is 0 Å². The maximum atomic E-state index is 5.60. The first-order chi connectivity index (χ1) is 10.8. The monoisotopic (exact) mass is 295 g/mol. The maximum Gasteiger partial charge on any atom is 0.203 e. The van der Waals surface area contributed by atoms with Gasteiger partial charge in [-0.3, -0.25) is 0 Å². The number of anilines is 1. The van der Waals surface area contributed by atoms with Crippen molar-refractivity contribution >= 4 is 17.0 Å². The first-order valence-corrected chi connectivity index (χ1v) is 7.65. The smallest absolute Gasteiger partial charge is 0.203 e. The third-order valence-corrected chi connectivity index (χ3v) is 3.63. The van der Waals surface area contributed by atoms with E-state index < -0.39 is 0 Å². The molecule has 0 radical (unpaired) electrons. The van der Waals surface area contributed by atoms with Gasteiger partial charge in [-0.1, -0.05) is 31.2 Å². The topological polar surface area (TPSA) is 39.1 Å². The van der Waals surface area contributed by atoms with Crippen molar-refractivity contribution in [1.82, 2.24) is 9.55 Å². The van der Waals surface area contributed by atoms with Gasteiger partial charge in [0.2, 0.25) is 5.95 Å². The van der Waals surface area contributed by atoms with Gasteiger partial charge >= 0.3 is 0 Å². The molecule has 0 aliphatic carbocycles. The summed E-state index contributed by atoms with van der Waals surface area (Å²) in [5.74, 6) is 1.81. The van der Waals surface area contributed by atoms with Crippen molar-refractivity contribution in [2.75, 3.05) is 11.9 Å². The number of aryl methyl sites for hydroxylation is 1. The minimum absolute atomic E-state index is 0.741. The summed E-state index contributed by atoms with van der Waals surface area (Å²) in [6.45, 7) is 3.61. The Kier molecular flexibility index (Phi) is 4.28. The van der Waals surface area contributed by atoms with E-state index in [-0.39, 0.29) is 0 Å². The van der Waals surface area contributed by atoms with Gasteiger partial charge < -0.3 is 14.6 Å². The predicted octanol–water partition coefficient (Wildman–Crippen LogP) is 3.97. The fourth-order valence-electron chi connectivity index (χ4n) is 2.41. The number of fused-ring (bicyclic) bond motifs is 1. The van der Waals surface area contributed by atoms with E-state index >= 15 is 0 Å². The largest absolute Gasteiger partial charge is 0.494 e. The van der Waals surface area contributed by atoms with Crippen molar-refractivity contribution < 1.29 is 4.74 Å². The number of benzene rings is 2. The van der Waals surface area contributed by atoms with E-state index in [4.69, 9.17) is 4.74 Å². The summed E-state index contributed by atoms with van der Waals surface area (Å²) in [5.41, 5.74) is 3.35. The number of imidazole rings is 1. The molecule has 0 spiro atoms. The first kappa shape index (κ1) is 14.4. The van der Waals surface area contributed by atoms with Crippen LogP contribution in [0.15, 0.2) is 48.5 Å². The lowest BCUT2D eigenvalue weighted by atomic mass is 10.2. The number of ether oxygens (including phenoxy) is 1. The van der Waals surface area contributed by atoms with Crippen LogP contribution in [0.4, 0.5) is 5.95 Å². The van der Waals surface area contributed by atoms with Gasteiger partial charge in [-0.15, -0.1) is 0 Å². The molecule has 0 saturated carbocycles. The summed E-state index contributed by atoms with van der Waals surface area (Å²) < 4.78 is 7.67. The lowest BCUT2D eigenvalue weighted by Gasteiger charge is -2.08. The van der Waals surface area contributed by atoms with Crippen LogP contribution in [-0.4, -0.2) is 16.2 Å². The van der Waals surface area contributed by atoms with E-state index in [1.807, 2.05) is 37.4 Å². The third-order valence-electron chi connectivity index (χ3n) is 3.63. The van der Waals surface area contributed by atoms with E-state index in [2.05, 4.69) is 40.0 Å². The Balaban J connectivity index is 1.67. The van der Waals surface area contributed by atoms with Crippen LogP contribution in [0.3, 0.4) is 0 Å². The molecule has 4 heteroatoms. The molecule has 0 aliphatic rings. The SMILES string of the molecule is CCCOc1ccc(CNc2nc3ccccc3n2C)cc1. The van der Waals surface area contributed by atoms with Crippen molar-refractivity contribution in [1.29, 1.82) is 0 Å². The molecule has 0 amide bonds. The highest BCUT2D eigenvalue weighted by atomic mass is 16.5. The molecule has 0 saturated heterocycles. The molecule has 114 valence electrons. The number of para-hydroxylation sites is 2. The Morgan fingerprint density at radius 1 is 1.09 bits per heavy atom. The third kappa shape index (κ3) is 3.06. The zero-order valence-electron chi connectivity index (χ0n) is 13.0. The quantitative estimate of drug-likeness (QED) is 0.748. The Bertz CT molecular complexity index is 747. The van der Waals surface area contributed by atoms with Crippen LogP contribution in [0.25, 0.3) is 11.0 Å². The van der Waals surface area contributed by atoms with Crippen LogP contribution < -0.4 is 10.1 Å². The Morgan fingerprint density at radius 2 is 1.86 bits per heavy atom. The number of hydrogen-bond acceptors (Lipinski definition) is 3. The minimum atomic E-state index is 0.741. The summed E-state index contributed by atoms with van der Waals surface area (Å²) >= 11 is 0. The molecule has 0 atom stereocenters. The summed E-state index contributed by atoms with van der Waals surface area (Å²) in [5, 5.41) is 3.39. The van der Waals surface area contributed by atoms with Gasteiger partial charge in [0.15, 0.2) is 0 Å². The van der Waals surface area contributed by atoms with Crippen LogP contribution >= 0.6 is 0 Å². The van der Waals surface area contributed by atoms with Crippen molar-refractivity contribution in [3.8, 4) is 5.75 Å². The molecule has 0 fully saturated rings. The molecule has 0 bridgehead atoms. The van der Waals surface area contributed by atoms with Crippen LogP contribution in [-0.2, 0) is 13.6 Å². The highest BCUT2D eigenvalue weighted by Gasteiger charge is 2.06. The normalized spacial score (nSPS) is 10.8. The fraction of sp³-hybridized carbons (Fsp3) is 0.278. The van der Waals surface area contributed by atoms with Crippen molar-refractivity contribution in [3.05, 3.63) is 54.1 Å². The molecule has 3 rings (SSSR count). The highest BCUT2D eigenvalue weighted by molar-refractivity contribution is 5.78. The predicted molar refractivity (Wildman–Crippen MR) is 90.3 cm³/mol. The Labute approximate surface area is 130 Å². The van der Waals surface area contributed by atoms with Crippen molar-refractivity contribution in [3.63, 3.8) is 0 Å². The molecule has 22 heavy (non-hydrogen) atoms. The van der Waals surface area contributed by atoms with Gasteiger partial charge in [-0.2, -0.15) is 0 Å². The minimum Gasteiger partial charge on any atom is -0.494 e. The van der Waals surface area contributed by atoms with Gasteiger partial charge in [0.05, 0.1) is 17.6 Å². The molecule has 3 aromatic rings. The number of nitrogens with one attached hydrogen (secondary N) is 1. The van der Waals surface area contributed by atoms with Gasteiger partial charge in [0, 0.05) is 13.6 Å². The van der Waals surface area contributed by atoms with Gasteiger partial charge in [-0.05, 0) is 36.2 Å². The maximum absolute atomic E-state index is 5.60. The second kappa shape index (κ2) is 6.52. The van der Waals surface area contributed by atoms with E-state index in [9.17, 15) is 0 Å². The van der Waals surface area contributed by atoms with E-state index in [0.29, 0.717) is 0 Å². The van der Waals surface area contributed by atoms with Crippen LogP contribution in [0.1, 0.15) is 18.9 Å². The number of aromatic nitrogens is 2. The first-order valence-electron chi connectivity index (χ1n) is 7.65. The van der Waals surface area contributed by atoms with Crippen LogP contribution in [0.2, 0.25) is 0 Å². The molecular weight excluding hydrogens is 274 g/mol. The summed E-state index contributed by atoms with van der Waals surface area (Å²) in [4.78, 5) is 4.61. The van der Waals surface area contributed by atoms with E-state index in [0.717, 1.165) is 42.3 Å². The number of hydrogen-bond donors (Lipinski definition) is 1. The molecule has 1 aromatic heterocycles. The van der Waals surface area contributed by atoms with Gasteiger partial charge in [0.1, 0.15) is 5.75 Å². The van der Waals surface area contributed by atoms with Crippen molar-refractivity contribution in [2.24, 2.45) is 7.05 Å². The zero-order chi connectivity index (χ0) is 15.4. The molecular formula is C18H21N3O. The lowest BCUT2D eigenvalue weighted by molar-refractivity contribution is 0.317. The average Bonchev–Trinajstić information content (AvgIpc) is 2.88. The van der Waals surface area contributed by atoms with E-state index in [1.54, 1.807) is 0 Å². The standard InChI is InChI=1S/C18H21N3O/c1-3-12-22-15-10-8-14(9-11-15)13-19-18-20-16-6-4-5-7-17(16)21(18)2/h4-11H,3,12-13H2,1-2H3,(H,19,20). The van der Waals surface area contributed by atoms with Gasteiger partial charge in [-0.25, -0.2) is 4.98 Å². The Morgan fingerprint density at radius 3 is 2.59 bits per heavy atom. The molecule has 4 nitrogen and oxygen atoms in total. The molecule has 2 aromatic carbocycles. The Hall–Kier alpha value is -2.49. The second-order valence-electron chi connectivity index (χ2n) is 5.33. The summed E-state index contributed by atoms with van der Waals surface area (Å²) in [6, 6.07) is 16.3. The number of rotatable bonds is 6. The zero-order valence-corrected chi connectivity index (χ0v) is 13.0. The number of nitrogens with zero attached hydrogens (tertiary/aromatic N) is 2. The lowest BCUT2D eigenvalue weighted by Crippen LogP contribution is -2.05. The van der Waals surface area contributed by atoms with Crippen LogP contribution in [0.5, 0.6) is 5.75 Å². The van der Waals surface area contributed by atoms with E-state index in [1.165, 1.54) is 5.56 Å². The average molecular weight is 295 g/mol. The van der Waals surface area contributed by atoms with Crippen LogP contribution in [0, 0.1) is 0 Å². The highest BCUT2D eigenvalue weighted by Crippen LogP contribution is 2.19. The second-order valence-corrected chi connectivity index (χ2v) is 5.33. The molecule has 1 heterocycles. The molecule has 0 aliphatic heterocycles. The molecule has 0 unspecified atom stereocenters. The summed E-state index contributed by atoms with van der Waals surface area (Å²) in [7, 11) is 2.03. The summed E-state index contributed by atoms with van der Waals surface area (Å²) in [6.07, 6.45) is 1.02.